The summed E-state index contributed by atoms with van der Waals surface area (Å²) < 4.78 is 1.04. The van der Waals surface area contributed by atoms with E-state index in [0.717, 1.165) is 33.5 Å². The zero-order valence-corrected chi connectivity index (χ0v) is 11.5. The molecular weight excluding hydrogens is 286 g/mol. The van der Waals surface area contributed by atoms with Gasteiger partial charge >= 0.3 is 0 Å². The number of halogens is 1. The summed E-state index contributed by atoms with van der Waals surface area (Å²) in [6.07, 6.45) is 1.09. The molecule has 1 aromatic rings. The van der Waals surface area contributed by atoms with Crippen molar-refractivity contribution >= 4 is 33.6 Å². The molecule has 0 aromatic heterocycles. The predicted molar refractivity (Wildman–Crippen MR) is 72.1 cm³/mol. The Morgan fingerprint density at radius 2 is 2.38 bits per heavy atom. The molecule has 0 saturated carbocycles. The van der Waals surface area contributed by atoms with Crippen molar-refractivity contribution in [3.63, 3.8) is 0 Å². The summed E-state index contributed by atoms with van der Waals surface area (Å²) in [6, 6.07) is 6.05. The van der Waals surface area contributed by atoms with Gasteiger partial charge in [0.05, 0.1) is 0 Å². The number of nitrogens with one attached hydrogen (secondary N) is 1. The van der Waals surface area contributed by atoms with Crippen molar-refractivity contribution in [3.05, 3.63) is 33.8 Å². The van der Waals surface area contributed by atoms with Gasteiger partial charge in [-0.15, -0.1) is 0 Å². The first kappa shape index (κ1) is 12.0. The van der Waals surface area contributed by atoms with Crippen LogP contribution in [0.5, 0.6) is 0 Å². The van der Waals surface area contributed by atoms with E-state index in [0.29, 0.717) is 6.04 Å². The summed E-state index contributed by atoms with van der Waals surface area (Å²) in [5.41, 5.74) is 1.84. The van der Waals surface area contributed by atoms with Crippen molar-refractivity contribution in [2.24, 2.45) is 0 Å². The fourth-order valence-electron chi connectivity index (χ4n) is 1.70. The van der Waals surface area contributed by atoms with Crippen LogP contribution >= 0.6 is 27.7 Å². The van der Waals surface area contributed by atoms with Crippen LogP contribution in [-0.4, -0.2) is 23.5 Å². The maximum Gasteiger partial charge on any atom is 0.251 e. The van der Waals surface area contributed by atoms with Crippen LogP contribution in [-0.2, 0) is 0 Å². The van der Waals surface area contributed by atoms with Crippen molar-refractivity contribution < 1.29 is 4.79 Å². The van der Waals surface area contributed by atoms with Crippen molar-refractivity contribution in [2.75, 3.05) is 11.5 Å². The molecule has 16 heavy (non-hydrogen) atoms. The third-order valence-corrected chi connectivity index (χ3v) is 4.74. The molecule has 1 aliphatic heterocycles. The molecule has 0 radical (unpaired) electrons. The van der Waals surface area contributed by atoms with Crippen LogP contribution in [0.4, 0.5) is 0 Å². The summed E-state index contributed by atoms with van der Waals surface area (Å²) in [7, 11) is 0. The molecule has 4 heteroatoms. The lowest BCUT2D eigenvalue weighted by molar-refractivity contribution is 0.0941. The van der Waals surface area contributed by atoms with Gasteiger partial charge < -0.3 is 5.32 Å². The highest BCUT2D eigenvalue weighted by molar-refractivity contribution is 9.10. The Kier molecular flexibility index (Phi) is 3.92. The van der Waals surface area contributed by atoms with Gasteiger partial charge in [-0.25, -0.2) is 0 Å². The molecule has 86 valence electrons. The number of amides is 1. The zero-order chi connectivity index (χ0) is 11.5. The van der Waals surface area contributed by atoms with E-state index in [2.05, 4.69) is 21.2 Å². The van der Waals surface area contributed by atoms with Crippen LogP contribution in [0.2, 0.25) is 0 Å². The van der Waals surface area contributed by atoms with E-state index in [1.54, 1.807) is 0 Å². The van der Waals surface area contributed by atoms with E-state index in [1.807, 2.05) is 36.9 Å². The Morgan fingerprint density at radius 1 is 1.56 bits per heavy atom. The summed E-state index contributed by atoms with van der Waals surface area (Å²) in [5, 5.41) is 3.07. The molecule has 1 aromatic carbocycles. The molecule has 0 spiro atoms. The molecule has 1 saturated heterocycles. The maximum absolute atomic E-state index is 11.9. The third-order valence-electron chi connectivity index (χ3n) is 2.69. The second-order valence-electron chi connectivity index (χ2n) is 4.00. The van der Waals surface area contributed by atoms with E-state index < -0.39 is 0 Å². The molecule has 1 heterocycles. The van der Waals surface area contributed by atoms with Crippen LogP contribution in [0.25, 0.3) is 0 Å². The maximum atomic E-state index is 11.9. The van der Waals surface area contributed by atoms with Gasteiger partial charge in [0, 0.05) is 21.8 Å². The van der Waals surface area contributed by atoms with Crippen molar-refractivity contribution in [1.29, 1.82) is 0 Å². The van der Waals surface area contributed by atoms with E-state index in [9.17, 15) is 4.79 Å². The smallest absolute Gasteiger partial charge is 0.251 e. The van der Waals surface area contributed by atoms with Gasteiger partial charge in [-0.3, -0.25) is 4.79 Å². The SMILES string of the molecule is Cc1cc(C(=O)NC2CCSC2)ccc1Br. The lowest BCUT2D eigenvalue weighted by Gasteiger charge is -2.11. The molecule has 1 aliphatic rings. The van der Waals surface area contributed by atoms with Gasteiger partial charge in [0.15, 0.2) is 0 Å². The van der Waals surface area contributed by atoms with Gasteiger partial charge in [-0.1, -0.05) is 15.9 Å². The Morgan fingerprint density at radius 3 is 3.00 bits per heavy atom. The minimum Gasteiger partial charge on any atom is -0.348 e. The average Bonchev–Trinajstić information content (AvgIpc) is 2.74. The highest BCUT2D eigenvalue weighted by Gasteiger charge is 2.18. The largest absolute Gasteiger partial charge is 0.348 e. The number of hydrogen-bond donors (Lipinski definition) is 1. The Labute approximate surface area is 108 Å². The third kappa shape index (κ3) is 2.80. The van der Waals surface area contributed by atoms with Crippen LogP contribution in [0.15, 0.2) is 22.7 Å². The van der Waals surface area contributed by atoms with Crippen molar-refractivity contribution in [1.82, 2.24) is 5.32 Å². The zero-order valence-electron chi connectivity index (χ0n) is 9.13. The van der Waals surface area contributed by atoms with Crippen molar-refractivity contribution in [2.45, 2.75) is 19.4 Å². The fraction of sp³-hybridized carbons (Fsp3) is 0.417. The molecular formula is C12H14BrNOS. The minimum absolute atomic E-state index is 0.0445. The second kappa shape index (κ2) is 5.23. The highest BCUT2D eigenvalue weighted by atomic mass is 79.9. The minimum atomic E-state index is 0.0445. The molecule has 2 rings (SSSR count). The van der Waals surface area contributed by atoms with E-state index in [1.165, 1.54) is 0 Å². The number of hydrogen-bond acceptors (Lipinski definition) is 2. The molecule has 0 aliphatic carbocycles. The number of rotatable bonds is 2. The van der Waals surface area contributed by atoms with E-state index in [4.69, 9.17) is 0 Å². The lowest BCUT2D eigenvalue weighted by Crippen LogP contribution is -2.34. The number of aryl methyl sites for hydroxylation is 1. The van der Waals surface area contributed by atoms with E-state index in [-0.39, 0.29) is 5.91 Å². The number of carbonyl (C=O) groups is 1. The van der Waals surface area contributed by atoms with Crippen LogP contribution in [0, 0.1) is 6.92 Å². The first-order chi connectivity index (χ1) is 7.66. The van der Waals surface area contributed by atoms with E-state index >= 15 is 0 Å². The van der Waals surface area contributed by atoms with Gasteiger partial charge in [-0.05, 0) is 42.9 Å². The normalized spacial score (nSPS) is 19.8. The van der Waals surface area contributed by atoms with Gasteiger partial charge in [-0.2, -0.15) is 11.8 Å². The lowest BCUT2D eigenvalue weighted by atomic mass is 10.1. The first-order valence-electron chi connectivity index (χ1n) is 5.31. The van der Waals surface area contributed by atoms with Gasteiger partial charge in [0.1, 0.15) is 0 Å². The predicted octanol–water partition coefficient (Wildman–Crippen LogP) is 2.99. The van der Waals surface area contributed by atoms with Crippen LogP contribution < -0.4 is 5.32 Å². The molecule has 1 atom stereocenters. The summed E-state index contributed by atoms with van der Waals surface area (Å²) in [5.74, 6) is 2.24. The first-order valence-corrected chi connectivity index (χ1v) is 7.26. The van der Waals surface area contributed by atoms with Crippen LogP contribution in [0.3, 0.4) is 0 Å². The topological polar surface area (TPSA) is 29.1 Å². The molecule has 1 unspecified atom stereocenters. The second-order valence-corrected chi connectivity index (χ2v) is 6.00. The quantitative estimate of drug-likeness (QED) is 0.909. The highest BCUT2D eigenvalue weighted by Crippen LogP contribution is 2.19. The molecule has 1 amide bonds. The summed E-state index contributed by atoms with van der Waals surface area (Å²) in [6.45, 7) is 1.99. The standard InChI is InChI=1S/C12H14BrNOS/c1-8-6-9(2-3-11(8)13)12(15)14-10-4-5-16-7-10/h2-3,6,10H,4-5,7H2,1H3,(H,14,15). The summed E-state index contributed by atoms with van der Waals surface area (Å²) in [4.78, 5) is 11.9. The van der Waals surface area contributed by atoms with Crippen LogP contribution in [0.1, 0.15) is 22.3 Å². The molecule has 2 nitrogen and oxygen atoms in total. The van der Waals surface area contributed by atoms with Gasteiger partial charge in [0.25, 0.3) is 5.91 Å². The monoisotopic (exact) mass is 299 g/mol. The molecule has 1 N–H and O–H groups in total. The molecule has 0 bridgehead atoms. The Bertz CT molecular complexity index is 402. The average molecular weight is 300 g/mol. The fourth-order valence-corrected chi connectivity index (χ4v) is 3.10. The Hall–Kier alpha value is -0.480. The van der Waals surface area contributed by atoms with Crippen molar-refractivity contribution in [3.8, 4) is 0 Å². The van der Waals surface area contributed by atoms with Gasteiger partial charge in [0.2, 0.25) is 0 Å². The number of thioether (sulfide) groups is 1. The number of carbonyl (C=O) groups excluding carboxylic acids is 1. The number of benzene rings is 1. The summed E-state index contributed by atoms with van der Waals surface area (Å²) >= 11 is 5.33. The molecule has 1 fully saturated rings. The Balaban J connectivity index is 2.05.